The highest BCUT2D eigenvalue weighted by Gasteiger charge is 2.15. The number of fused-ring (bicyclic) bond motifs is 3. The largest absolute Gasteiger partial charge is 0.478 e. The van der Waals surface area contributed by atoms with Gasteiger partial charge in [0.1, 0.15) is 0 Å². The maximum atomic E-state index is 11.8. The van der Waals surface area contributed by atoms with Crippen molar-refractivity contribution in [3.63, 3.8) is 0 Å². The van der Waals surface area contributed by atoms with Crippen LogP contribution in [0.5, 0.6) is 0 Å². The zero-order chi connectivity index (χ0) is 17.4. The Bertz CT molecular complexity index is 1140. The summed E-state index contributed by atoms with van der Waals surface area (Å²) in [6.07, 6.45) is 1.71. The molecule has 0 radical (unpaired) electrons. The quantitative estimate of drug-likeness (QED) is 0.340. The lowest BCUT2D eigenvalue weighted by molar-refractivity contribution is -0.130. The van der Waals surface area contributed by atoms with Gasteiger partial charge in [-0.05, 0) is 23.8 Å². The number of halogens is 1. The molecule has 2 nitrogen and oxygen atoms in total. The molecule has 1 N–H and O–H groups in total. The van der Waals surface area contributed by atoms with Crippen molar-refractivity contribution in [1.82, 2.24) is 0 Å². The van der Waals surface area contributed by atoms with E-state index >= 15 is 0 Å². The molecule has 0 spiro atoms. The van der Waals surface area contributed by atoms with Gasteiger partial charge in [0.2, 0.25) is 0 Å². The Morgan fingerprint density at radius 3 is 2.44 bits per heavy atom. The van der Waals surface area contributed by atoms with Crippen LogP contribution in [0.3, 0.4) is 0 Å². The molecule has 1 heterocycles. The van der Waals surface area contributed by atoms with Crippen LogP contribution < -0.4 is 0 Å². The molecule has 0 atom stereocenters. The van der Waals surface area contributed by atoms with E-state index < -0.39 is 5.97 Å². The first kappa shape index (κ1) is 15.9. The van der Waals surface area contributed by atoms with Gasteiger partial charge in [0.25, 0.3) is 0 Å². The van der Waals surface area contributed by atoms with Gasteiger partial charge < -0.3 is 5.11 Å². The van der Waals surface area contributed by atoms with Crippen LogP contribution in [0, 0.1) is 0 Å². The number of hydrogen-bond donors (Lipinski definition) is 1. The van der Waals surface area contributed by atoms with Crippen LogP contribution in [0.1, 0.15) is 11.1 Å². The van der Waals surface area contributed by atoms with Gasteiger partial charge in [-0.2, -0.15) is 0 Å². The summed E-state index contributed by atoms with van der Waals surface area (Å²) in [4.78, 5) is 11.8. The average Bonchev–Trinajstić information content (AvgIpc) is 3.00. The monoisotopic (exact) mass is 364 g/mol. The number of aliphatic carboxylic acids is 1. The van der Waals surface area contributed by atoms with Crippen molar-refractivity contribution >= 4 is 60.7 Å². The standard InChI is InChI=1S/C21H13ClO2S/c22-18-10-3-1-7-14(18)17(21(23)24)12-13-6-5-9-16-15-8-2-4-11-19(15)25-20(13)16/h1-12H,(H,23,24)/b17-12-. The van der Waals surface area contributed by atoms with Crippen LogP contribution in [0.4, 0.5) is 0 Å². The van der Waals surface area contributed by atoms with Gasteiger partial charge >= 0.3 is 5.97 Å². The Balaban J connectivity index is 1.98. The van der Waals surface area contributed by atoms with Crippen molar-refractivity contribution in [2.45, 2.75) is 0 Å². The molecule has 3 aromatic carbocycles. The van der Waals surface area contributed by atoms with Crippen molar-refractivity contribution in [3.05, 3.63) is 82.9 Å². The molecule has 0 amide bonds. The number of rotatable bonds is 3. The third-order valence-electron chi connectivity index (χ3n) is 4.13. The molecule has 0 saturated heterocycles. The van der Waals surface area contributed by atoms with Crippen LogP contribution in [0.25, 0.3) is 31.8 Å². The Hall–Kier alpha value is -2.62. The van der Waals surface area contributed by atoms with E-state index in [0.717, 1.165) is 15.6 Å². The lowest BCUT2D eigenvalue weighted by atomic mass is 10.0. The van der Waals surface area contributed by atoms with E-state index in [-0.39, 0.29) is 5.57 Å². The molecule has 4 heteroatoms. The smallest absolute Gasteiger partial charge is 0.336 e. The highest BCUT2D eigenvalue weighted by Crippen LogP contribution is 2.37. The first-order chi connectivity index (χ1) is 12.1. The lowest BCUT2D eigenvalue weighted by Crippen LogP contribution is -2.00. The fourth-order valence-corrected chi connectivity index (χ4v) is 4.40. The Morgan fingerprint density at radius 2 is 1.64 bits per heavy atom. The van der Waals surface area contributed by atoms with Crippen molar-refractivity contribution in [2.24, 2.45) is 0 Å². The fraction of sp³-hybridized carbons (Fsp3) is 0. The van der Waals surface area contributed by atoms with Crippen LogP contribution in [0.15, 0.2) is 66.7 Å². The van der Waals surface area contributed by atoms with Gasteiger partial charge in [-0.1, -0.05) is 66.2 Å². The van der Waals surface area contributed by atoms with E-state index in [2.05, 4.69) is 18.2 Å². The normalized spacial score (nSPS) is 12.0. The molecule has 0 unspecified atom stereocenters. The molecule has 0 bridgehead atoms. The second-order valence-electron chi connectivity index (χ2n) is 5.67. The minimum absolute atomic E-state index is 0.190. The van der Waals surface area contributed by atoms with E-state index in [4.69, 9.17) is 11.6 Å². The van der Waals surface area contributed by atoms with Gasteiger partial charge in [0, 0.05) is 30.8 Å². The Morgan fingerprint density at radius 1 is 0.920 bits per heavy atom. The minimum Gasteiger partial charge on any atom is -0.478 e. The third kappa shape index (κ3) is 2.82. The molecule has 122 valence electrons. The molecule has 0 fully saturated rings. The number of carboxylic acids is 1. The van der Waals surface area contributed by atoms with Crippen molar-refractivity contribution in [2.75, 3.05) is 0 Å². The molecule has 0 aliphatic carbocycles. The maximum Gasteiger partial charge on any atom is 0.336 e. The molecule has 0 aliphatic heterocycles. The SMILES string of the molecule is O=C(O)/C(=C\c1cccc2c1sc1ccccc12)c1ccccc1Cl. The topological polar surface area (TPSA) is 37.3 Å². The number of carbonyl (C=O) groups is 1. The van der Waals surface area contributed by atoms with Crippen molar-refractivity contribution in [1.29, 1.82) is 0 Å². The summed E-state index contributed by atoms with van der Waals surface area (Å²) in [5.41, 5.74) is 1.60. The second-order valence-corrected chi connectivity index (χ2v) is 7.12. The van der Waals surface area contributed by atoms with Gasteiger partial charge in [-0.15, -0.1) is 11.3 Å². The molecule has 1 aromatic heterocycles. The van der Waals surface area contributed by atoms with Gasteiger partial charge in [-0.3, -0.25) is 0 Å². The Kier molecular flexibility index (Phi) is 4.04. The maximum absolute atomic E-state index is 11.8. The molecule has 4 rings (SSSR count). The molecule has 25 heavy (non-hydrogen) atoms. The van der Waals surface area contributed by atoms with Crippen LogP contribution in [-0.2, 0) is 4.79 Å². The predicted molar refractivity (Wildman–Crippen MR) is 106 cm³/mol. The number of hydrogen-bond acceptors (Lipinski definition) is 2. The summed E-state index contributed by atoms with van der Waals surface area (Å²) in [6.45, 7) is 0. The molecule has 0 saturated carbocycles. The summed E-state index contributed by atoms with van der Waals surface area (Å²) in [7, 11) is 0. The van der Waals surface area contributed by atoms with Gasteiger partial charge in [-0.25, -0.2) is 4.79 Å². The van der Waals surface area contributed by atoms with Gasteiger partial charge in [0.05, 0.1) is 5.57 Å². The minimum atomic E-state index is -0.994. The first-order valence-corrected chi connectivity index (χ1v) is 8.95. The molecular formula is C21H13ClO2S. The summed E-state index contributed by atoms with van der Waals surface area (Å²) in [6, 6.07) is 21.2. The Labute approximate surface area is 153 Å². The van der Waals surface area contributed by atoms with Crippen LogP contribution in [-0.4, -0.2) is 11.1 Å². The first-order valence-electron chi connectivity index (χ1n) is 7.75. The van der Waals surface area contributed by atoms with E-state index in [1.165, 1.54) is 10.1 Å². The van der Waals surface area contributed by atoms with Crippen LogP contribution >= 0.6 is 22.9 Å². The zero-order valence-electron chi connectivity index (χ0n) is 13.1. The highest BCUT2D eigenvalue weighted by molar-refractivity contribution is 7.26. The summed E-state index contributed by atoms with van der Waals surface area (Å²) < 4.78 is 2.27. The van der Waals surface area contributed by atoms with Crippen LogP contribution in [0.2, 0.25) is 5.02 Å². The molecule has 0 aliphatic rings. The zero-order valence-corrected chi connectivity index (χ0v) is 14.6. The molecule has 4 aromatic rings. The highest BCUT2D eigenvalue weighted by atomic mass is 35.5. The fourth-order valence-electron chi connectivity index (χ4n) is 2.97. The third-order valence-corrected chi connectivity index (χ3v) is 5.69. The molecular weight excluding hydrogens is 352 g/mol. The second kappa shape index (κ2) is 6.36. The van der Waals surface area contributed by atoms with Crippen molar-refractivity contribution < 1.29 is 9.90 Å². The average molecular weight is 365 g/mol. The predicted octanol–water partition coefficient (Wildman–Crippen LogP) is 6.33. The number of carboxylic acid groups (broad SMARTS) is 1. The van der Waals surface area contributed by atoms with Gasteiger partial charge in [0.15, 0.2) is 0 Å². The lowest BCUT2D eigenvalue weighted by Gasteiger charge is -2.06. The van der Waals surface area contributed by atoms with Crippen molar-refractivity contribution in [3.8, 4) is 0 Å². The summed E-state index contributed by atoms with van der Waals surface area (Å²) in [5, 5.41) is 12.5. The van der Waals surface area contributed by atoms with E-state index in [9.17, 15) is 9.90 Å². The van der Waals surface area contributed by atoms with E-state index in [1.54, 1.807) is 41.7 Å². The van der Waals surface area contributed by atoms with E-state index in [0.29, 0.717) is 10.6 Å². The number of thiophene rings is 1. The summed E-state index contributed by atoms with van der Waals surface area (Å²) in [5.74, 6) is -0.994. The number of benzene rings is 3. The summed E-state index contributed by atoms with van der Waals surface area (Å²) >= 11 is 7.88. The van der Waals surface area contributed by atoms with E-state index in [1.807, 2.05) is 24.3 Å².